The van der Waals surface area contributed by atoms with Gasteiger partial charge in [0, 0.05) is 25.2 Å². The summed E-state index contributed by atoms with van der Waals surface area (Å²) in [5.74, 6) is 1.26. The van der Waals surface area contributed by atoms with Gasteiger partial charge in [-0.2, -0.15) is 4.31 Å². The molecule has 0 saturated heterocycles. The van der Waals surface area contributed by atoms with Gasteiger partial charge < -0.3 is 9.47 Å². The molecule has 0 aliphatic carbocycles. The summed E-state index contributed by atoms with van der Waals surface area (Å²) in [5, 5.41) is 0. The number of benzene rings is 2. The first-order valence-electron chi connectivity index (χ1n) is 9.20. The smallest absolute Gasteiger partial charge is 0.243 e. The second-order valence-electron chi connectivity index (χ2n) is 8.13. The summed E-state index contributed by atoms with van der Waals surface area (Å²) < 4.78 is 38.6. The Balaban J connectivity index is 2.43. The largest absolute Gasteiger partial charge is 0.497 e. The van der Waals surface area contributed by atoms with Crippen LogP contribution in [0.5, 0.6) is 11.5 Å². The van der Waals surface area contributed by atoms with Crippen LogP contribution in [0.1, 0.15) is 43.0 Å². The fourth-order valence-corrected chi connectivity index (χ4v) is 4.81. The molecule has 2 aromatic carbocycles. The Morgan fingerprint density at radius 3 is 2.00 bits per heavy atom. The molecule has 0 saturated carbocycles. The molecule has 28 heavy (non-hydrogen) atoms. The summed E-state index contributed by atoms with van der Waals surface area (Å²) in [7, 11) is 1.08. The molecule has 0 spiro atoms. The van der Waals surface area contributed by atoms with E-state index in [2.05, 4.69) is 20.8 Å². The maximum atomic E-state index is 13.3. The molecule has 0 heterocycles. The molecule has 2 aromatic rings. The lowest BCUT2D eigenvalue weighted by molar-refractivity contribution is 0.384. The van der Waals surface area contributed by atoms with Crippen molar-refractivity contribution in [3.05, 3.63) is 52.6 Å². The Kier molecular flexibility index (Phi) is 6.46. The van der Waals surface area contributed by atoms with E-state index >= 15 is 0 Å². The van der Waals surface area contributed by atoms with Gasteiger partial charge in [-0.25, -0.2) is 8.42 Å². The minimum absolute atomic E-state index is 0.0415. The van der Waals surface area contributed by atoms with Crippen molar-refractivity contribution in [1.29, 1.82) is 0 Å². The van der Waals surface area contributed by atoms with E-state index < -0.39 is 10.0 Å². The van der Waals surface area contributed by atoms with Gasteiger partial charge in [0.25, 0.3) is 0 Å². The van der Waals surface area contributed by atoms with Gasteiger partial charge in [-0.05, 0) is 42.0 Å². The minimum Gasteiger partial charge on any atom is -0.497 e. The van der Waals surface area contributed by atoms with Crippen molar-refractivity contribution >= 4 is 10.0 Å². The third kappa shape index (κ3) is 4.50. The van der Waals surface area contributed by atoms with Gasteiger partial charge in [-0.15, -0.1) is 0 Å². The van der Waals surface area contributed by atoms with Gasteiger partial charge in [0.15, 0.2) is 0 Å². The third-order valence-electron chi connectivity index (χ3n) is 4.88. The van der Waals surface area contributed by atoms with Gasteiger partial charge in [0.05, 0.1) is 19.1 Å². The van der Waals surface area contributed by atoms with E-state index in [1.54, 1.807) is 33.4 Å². The van der Waals surface area contributed by atoms with Gasteiger partial charge >= 0.3 is 0 Å². The van der Waals surface area contributed by atoms with Crippen LogP contribution in [-0.2, 0) is 22.0 Å². The topological polar surface area (TPSA) is 55.8 Å². The van der Waals surface area contributed by atoms with Gasteiger partial charge in [-0.3, -0.25) is 0 Å². The first-order valence-corrected chi connectivity index (χ1v) is 10.6. The SMILES string of the molecule is COc1ccc(CN(C)S(=O)(=O)c2c(C)cc(C(C)(C)C)cc2C)c(OC)c1. The molecule has 5 nitrogen and oxygen atoms in total. The zero-order valence-electron chi connectivity index (χ0n) is 18.1. The van der Waals surface area contributed by atoms with E-state index in [-0.39, 0.29) is 12.0 Å². The van der Waals surface area contributed by atoms with Crippen molar-refractivity contribution in [2.45, 2.75) is 51.5 Å². The molecule has 0 amide bonds. The molecule has 0 bridgehead atoms. The summed E-state index contributed by atoms with van der Waals surface area (Å²) in [5.41, 5.74) is 3.38. The van der Waals surface area contributed by atoms with Crippen LogP contribution in [-0.4, -0.2) is 34.0 Å². The normalized spacial score (nSPS) is 12.3. The van der Waals surface area contributed by atoms with Crippen molar-refractivity contribution in [2.75, 3.05) is 21.3 Å². The molecule has 6 heteroatoms. The minimum atomic E-state index is -3.65. The molecule has 0 unspecified atom stereocenters. The standard InChI is InChI=1S/C22H31NO4S/c1-15-11-18(22(3,4)5)12-16(2)21(15)28(24,25)23(6)14-17-9-10-19(26-7)13-20(17)27-8/h9-13H,14H2,1-8H3. The summed E-state index contributed by atoms with van der Waals surface area (Å²) in [6, 6.07) is 9.33. The maximum absolute atomic E-state index is 13.3. The highest BCUT2D eigenvalue weighted by atomic mass is 32.2. The van der Waals surface area contributed by atoms with Crippen LogP contribution < -0.4 is 9.47 Å². The average molecular weight is 406 g/mol. The number of hydrogen-bond acceptors (Lipinski definition) is 4. The summed E-state index contributed by atoms with van der Waals surface area (Å²) in [4.78, 5) is 0.371. The molecule has 0 aliphatic heterocycles. The molecule has 0 atom stereocenters. The molecule has 0 aliphatic rings. The summed E-state index contributed by atoms with van der Waals surface area (Å²) >= 11 is 0. The van der Waals surface area contributed by atoms with Gasteiger partial charge in [0.1, 0.15) is 11.5 Å². The summed E-state index contributed by atoms with van der Waals surface area (Å²) in [6.45, 7) is 10.3. The van der Waals surface area contributed by atoms with E-state index in [0.29, 0.717) is 16.4 Å². The van der Waals surface area contributed by atoms with Crippen LogP contribution in [0.4, 0.5) is 0 Å². The van der Waals surface area contributed by atoms with Crippen molar-refractivity contribution in [2.24, 2.45) is 0 Å². The molecule has 0 aromatic heterocycles. The van der Waals surface area contributed by atoms with E-state index in [4.69, 9.17) is 9.47 Å². The quantitative estimate of drug-likeness (QED) is 0.713. The molecule has 154 valence electrons. The van der Waals surface area contributed by atoms with E-state index in [1.165, 1.54) is 4.31 Å². The monoisotopic (exact) mass is 405 g/mol. The Labute approximate surface area is 169 Å². The maximum Gasteiger partial charge on any atom is 0.243 e. The number of ether oxygens (including phenoxy) is 2. The number of methoxy groups -OCH3 is 2. The Bertz CT molecular complexity index is 936. The number of rotatable bonds is 6. The number of aryl methyl sites for hydroxylation is 2. The van der Waals surface area contributed by atoms with Crippen LogP contribution in [0.2, 0.25) is 0 Å². The average Bonchev–Trinajstić information content (AvgIpc) is 2.60. The number of hydrogen-bond donors (Lipinski definition) is 0. The lowest BCUT2D eigenvalue weighted by Gasteiger charge is -2.25. The Morgan fingerprint density at radius 1 is 0.964 bits per heavy atom. The van der Waals surface area contributed by atoms with Crippen molar-refractivity contribution < 1.29 is 17.9 Å². The van der Waals surface area contributed by atoms with Crippen molar-refractivity contribution in [3.63, 3.8) is 0 Å². The van der Waals surface area contributed by atoms with Crippen molar-refractivity contribution in [3.8, 4) is 11.5 Å². The number of nitrogens with zero attached hydrogens (tertiary/aromatic N) is 1. The van der Waals surface area contributed by atoms with Crippen molar-refractivity contribution in [1.82, 2.24) is 4.31 Å². The molecule has 0 radical (unpaired) electrons. The fraction of sp³-hybridized carbons (Fsp3) is 0.455. The molecular weight excluding hydrogens is 374 g/mol. The molecule has 2 rings (SSSR count). The second kappa shape index (κ2) is 8.13. The highest BCUT2D eigenvalue weighted by Crippen LogP contribution is 2.32. The molecular formula is C22H31NO4S. The highest BCUT2D eigenvalue weighted by molar-refractivity contribution is 7.89. The predicted octanol–water partition coefficient (Wildman–Crippen LogP) is 4.44. The summed E-state index contributed by atoms with van der Waals surface area (Å²) in [6.07, 6.45) is 0. The van der Waals surface area contributed by atoms with Crippen LogP contribution >= 0.6 is 0 Å². The van der Waals surface area contributed by atoms with Gasteiger partial charge in [0.2, 0.25) is 10.0 Å². The lowest BCUT2D eigenvalue weighted by atomic mass is 9.85. The second-order valence-corrected chi connectivity index (χ2v) is 10.1. The van der Waals surface area contributed by atoms with Crippen LogP contribution in [0.15, 0.2) is 35.2 Å². The van der Waals surface area contributed by atoms with E-state index in [1.807, 2.05) is 32.0 Å². The molecule has 0 N–H and O–H groups in total. The predicted molar refractivity (Wildman–Crippen MR) is 113 cm³/mol. The Morgan fingerprint density at radius 2 is 1.54 bits per heavy atom. The Hall–Kier alpha value is -2.05. The third-order valence-corrected chi connectivity index (χ3v) is 6.99. The first-order chi connectivity index (χ1) is 12.9. The van der Waals surface area contributed by atoms with Crippen LogP contribution in [0.25, 0.3) is 0 Å². The number of sulfonamides is 1. The van der Waals surface area contributed by atoms with Gasteiger partial charge in [-0.1, -0.05) is 39.0 Å². The zero-order chi connectivity index (χ0) is 21.3. The highest BCUT2D eigenvalue weighted by Gasteiger charge is 2.27. The van der Waals surface area contributed by atoms with E-state index in [9.17, 15) is 8.42 Å². The zero-order valence-corrected chi connectivity index (χ0v) is 18.9. The first kappa shape index (κ1) is 22.2. The molecule has 0 fully saturated rings. The lowest BCUT2D eigenvalue weighted by Crippen LogP contribution is -2.28. The van der Waals surface area contributed by atoms with Crippen LogP contribution in [0.3, 0.4) is 0 Å². The van der Waals surface area contributed by atoms with E-state index in [0.717, 1.165) is 22.3 Å². The fourth-order valence-electron chi connectivity index (χ4n) is 3.25. The van der Waals surface area contributed by atoms with Crippen LogP contribution in [0, 0.1) is 13.8 Å².